The van der Waals surface area contributed by atoms with Crippen LogP contribution in [0.4, 0.5) is 0 Å². The second-order valence-electron chi connectivity index (χ2n) is 8.05. The average molecular weight is 426 g/mol. The van der Waals surface area contributed by atoms with E-state index >= 15 is 0 Å². The lowest BCUT2D eigenvalue weighted by Crippen LogP contribution is -2.55. The van der Waals surface area contributed by atoms with E-state index in [1.807, 2.05) is 47.0 Å². The van der Waals surface area contributed by atoms with Crippen molar-refractivity contribution in [2.24, 2.45) is 5.92 Å². The van der Waals surface area contributed by atoms with Gasteiger partial charge in [-0.05, 0) is 43.1 Å². The number of rotatable bonds is 5. The van der Waals surface area contributed by atoms with Gasteiger partial charge in [-0.3, -0.25) is 4.79 Å². The van der Waals surface area contributed by atoms with Crippen LogP contribution in [0.3, 0.4) is 0 Å². The molecule has 2 aliphatic rings. The number of nitrogens with zero attached hydrogens (tertiary/aromatic N) is 2. The molecule has 1 fully saturated rings. The Hall–Kier alpha value is -2.67. The minimum absolute atomic E-state index is 0.0709. The number of benzene rings is 1. The van der Waals surface area contributed by atoms with Crippen molar-refractivity contribution in [3.8, 4) is 0 Å². The predicted molar refractivity (Wildman–Crippen MR) is 119 cm³/mol. The van der Waals surface area contributed by atoms with E-state index < -0.39 is 6.04 Å². The monoisotopic (exact) mass is 425 g/mol. The lowest BCUT2D eigenvalue weighted by Gasteiger charge is -2.44. The first kappa shape index (κ1) is 20.6. The molecule has 0 saturated carbocycles. The average Bonchev–Trinajstić information content (AvgIpc) is 2.75. The van der Waals surface area contributed by atoms with Crippen LogP contribution in [-0.2, 0) is 22.5 Å². The summed E-state index contributed by atoms with van der Waals surface area (Å²) in [5.74, 6) is 0.338. The first-order valence-corrected chi connectivity index (χ1v) is 10.9. The molecule has 1 saturated heterocycles. The van der Waals surface area contributed by atoms with Crippen molar-refractivity contribution < 1.29 is 9.53 Å². The molecule has 0 spiro atoms. The topological polar surface area (TPSA) is 63.6 Å². The number of carbonyl (C=O) groups excluding carboxylic acids is 1. The van der Waals surface area contributed by atoms with E-state index in [-0.39, 0.29) is 17.4 Å². The Morgan fingerprint density at radius 2 is 1.97 bits per heavy atom. The van der Waals surface area contributed by atoms with Crippen molar-refractivity contribution in [3.05, 3.63) is 70.1 Å². The van der Waals surface area contributed by atoms with Crippen LogP contribution in [-0.4, -0.2) is 46.3 Å². The van der Waals surface area contributed by atoms with Gasteiger partial charge in [0.25, 0.3) is 5.56 Å². The maximum atomic E-state index is 12.6. The summed E-state index contributed by atoms with van der Waals surface area (Å²) >= 11 is 5.71. The maximum absolute atomic E-state index is 12.6. The molecule has 0 unspecified atom stereocenters. The van der Waals surface area contributed by atoms with Crippen LogP contribution in [0, 0.1) is 5.92 Å². The molecule has 158 valence electrons. The SMILES string of the molecule is CCOC(=O)[C@@H](Cc1ccccc1)NC(=S)N1C[C@@H]2C[C@@H](C1)c1cccc(=O)n1C2. The van der Waals surface area contributed by atoms with Crippen LogP contribution in [0.1, 0.15) is 30.5 Å². The number of nitrogens with one attached hydrogen (secondary N) is 1. The van der Waals surface area contributed by atoms with Gasteiger partial charge in [-0.2, -0.15) is 0 Å². The maximum Gasteiger partial charge on any atom is 0.328 e. The zero-order valence-electron chi connectivity index (χ0n) is 17.1. The molecule has 0 radical (unpaired) electrons. The number of aromatic nitrogens is 1. The third-order valence-corrected chi connectivity index (χ3v) is 6.29. The first-order valence-electron chi connectivity index (χ1n) is 10.5. The fourth-order valence-corrected chi connectivity index (χ4v) is 4.88. The number of hydrogen-bond donors (Lipinski definition) is 1. The second kappa shape index (κ2) is 9.00. The van der Waals surface area contributed by atoms with E-state index in [1.54, 1.807) is 13.0 Å². The fraction of sp³-hybridized carbons (Fsp3) is 0.435. The van der Waals surface area contributed by atoms with Crippen molar-refractivity contribution in [2.45, 2.75) is 38.3 Å². The van der Waals surface area contributed by atoms with Gasteiger partial charge >= 0.3 is 5.97 Å². The van der Waals surface area contributed by atoms with Crippen molar-refractivity contribution in [3.63, 3.8) is 0 Å². The molecule has 6 nitrogen and oxygen atoms in total. The van der Waals surface area contributed by atoms with Gasteiger partial charge in [0.2, 0.25) is 0 Å². The van der Waals surface area contributed by atoms with Crippen LogP contribution in [0.2, 0.25) is 0 Å². The molecule has 0 aliphatic carbocycles. The number of hydrogen-bond acceptors (Lipinski definition) is 4. The highest BCUT2D eigenvalue weighted by Crippen LogP contribution is 2.34. The van der Waals surface area contributed by atoms with Gasteiger partial charge in [-0.25, -0.2) is 4.79 Å². The smallest absolute Gasteiger partial charge is 0.328 e. The molecule has 3 atom stereocenters. The highest BCUT2D eigenvalue weighted by atomic mass is 32.1. The molecule has 1 aromatic heterocycles. The highest BCUT2D eigenvalue weighted by molar-refractivity contribution is 7.80. The van der Waals surface area contributed by atoms with E-state index in [0.29, 0.717) is 24.1 Å². The third-order valence-electron chi connectivity index (χ3n) is 5.92. The second-order valence-corrected chi connectivity index (χ2v) is 8.43. The number of pyridine rings is 1. The summed E-state index contributed by atoms with van der Waals surface area (Å²) in [6, 6.07) is 14.8. The van der Waals surface area contributed by atoms with Crippen LogP contribution >= 0.6 is 12.2 Å². The molecule has 1 N–H and O–H groups in total. The van der Waals surface area contributed by atoms with E-state index in [1.165, 1.54) is 0 Å². The Morgan fingerprint density at radius 1 is 1.17 bits per heavy atom. The molecular weight excluding hydrogens is 398 g/mol. The molecule has 4 rings (SSSR count). The number of ether oxygens (including phenoxy) is 1. The largest absolute Gasteiger partial charge is 0.464 e. The highest BCUT2D eigenvalue weighted by Gasteiger charge is 2.36. The summed E-state index contributed by atoms with van der Waals surface area (Å²) in [4.78, 5) is 26.9. The number of likely N-dealkylation sites (tertiary alicyclic amines) is 1. The van der Waals surface area contributed by atoms with Crippen molar-refractivity contribution in [1.29, 1.82) is 0 Å². The van der Waals surface area contributed by atoms with Gasteiger partial charge in [0.1, 0.15) is 6.04 Å². The van der Waals surface area contributed by atoms with Gasteiger partial charge in [-0.15, -0.1) is 0 Å². The molecule has 2 aliphatic heterocycles. The van der Waals surface area contributed by atoms with Gasteiger partial charge in [0, 0.05) is 43.7 Å². The lowest BCUT2D eigenvalue weighted by atomic mass is 9.83. The summed E-state index contributed by atoms with van der Waals surface area (Å²) in [5, 5.41) is 3.83. The summed E-state index contributed by atoms with van der Waals surface area (Å²) < 4.78 is 7.19. The quantitative estimate of drug-likeness (QED) is 0.586. The Balaban J connectivity index is 1.48. The Morgan fingerprint density at radius 3 is 2.73 bits per heavy atom. The molecule has 2 bridgehead atoms. The van der Waals surface area contributed by atoms with E-state index in [4.69, 9.17) is 17.0 Å². The number of carbonyl (C=O) groups is 1. The summed E-state index contributed by atoms with van der Waals surface area (Å²) in [6.45, 7) is 4.38. The summed E-state index contributed by atoms with van der Waals surface area (Å²) in [5.41, 5.74) is 2.20. The Labute approximate surface area is 181 Å². The fourth-order valence-electron chi connectivity index (χ4n) is 4.59. The molecular formula is C23H27N3O3S. The normalized spacial score (nSPS) is 20.8. The number of fused-ring (bicyclic) bond motifs is 4. The van der Waals surface area contributed by atoms with Gasteiger partial charge in [0.15, 0.2) is 5.11 Å². The van der Waals surface area contributed by atoms with Crippen LogP contribution < -0.4 is 10.9 Å². The number of piperidine rings is 1. The predicted octanol–water partition coefficient (Wildman–Crippen LogP) is 2.32. The first-order chi connectivity index (χ1) is 14.5. The van der Waals surface area contributed by atoms with Gasteiger partial charge in [-0.1, -0.05) is 36.4 Å². The third kappa shape index (κ3) is 4.41. The molecule has 7 heteroatoms. The van der Waals surface area contributed by atoms with Gasteiger partial charge < -0.3 is 19.5 Å². The molecule has 2 aromatic rings. The minimum Gasteiger partial charge on any atom is -0.464 e. The Bertz CT molecular complexity index is 975. The molecule has 1 aromatic carbocycles. The summed E-state index contributed by atoms with van der Waals surface area (Å²) in [7, 11) is 0. The van der Waals surface area contributed by atoms with E-state index in [0.717, 1.165) is 37.3 Å². The van der Waals surface area contributed by atoms with E-state index in [2.05, 4.69) is 10.2 Å². The standard InChI is InChI=1S/C23H27N3O3S/c1-2-29-22(28)19(12-16-7-4-3-5-8-16)24-23(30)25-13-17-11-18(15-25)20-9-6-10-21(27)26(20)14-17/h3-10,17-19H,2,11-15H2,1H3,(H,24,30)/t17-,18-,19+/m0/s1. The van der Waals surface area contributed by atoms with Crippen molar-refractivity contribution in [2.75, 3.05) is 19.7 Å². The van der Waals surface area contributed by atoms with Crippen LogP contribution in [0.5, 0.6) is 0 Å². The number of esters is 1. The molecule has 0 amide bonds. The molecule has 30 heavy (non-hydrogen) atoms. The summed E-state index contributed by atoms with van der Waals surface area (Å²) in [6.07, 6.45) is 1.58. The lowest BCUT2D eigenvalue weighted by molar-refractivity contribution is -0.145. The van der Waals surface area contributed by atoms with Crippen molar-refractivity contribution >= 4 is 23.3 Å². The minimum atomic E-state index is -0.531. The molecule has 3 heterocycles. The number of thiocarbonyl (C=S) groups is 1. The van der Waals surface area contributed by atoms with Crippen LogP contribution in [0.15, 0.2) is 53.3 Å². The van der Waals surface area contributed by atoms with E-state index in [9.17, 15) is 9.59 Å². The zero-order chi connectivity index (χ0) is 21.1. The van der Waals surface area contributed by atoms with Gasteiger partial charge in [0.05, 0.1) is 6.61 Å². The van der Waals surface area contributed by atoms with Crippen molar-refractivity contribution in [1.82, 2.24) is 14.8 Å². The Kier molecular flexibility index (Phi) is 6.18. The zero-order valence-corrected chi connectivity index (χ0v) is 17.9. The van der Waals surface area contributed by atoms with Crippen LogP contribution in [0.25, 0.3) is 0 Å².